The van der Waals surface area contributed by atoms with Crippen molar-refractivity contribution in [3.8, 4) is 0 Å². The molecule has 0 spiro atoms. The number of anilines is 2. The Hall–Kier alpha value is -1.56. The number of benzene rings is 1. The first-order valence-corrected chi connectivity index (χ1v) is 5.49. The molecule has 84 valence electrons. The van der Waals surface area contributed by atoms with E-state index in [9.17, 15) is 0 Å². The minimum absolute atomic E-state index is 0.0812. The Balaban J connectivity index is 2.07. The van der Waals surface area contributed by atoms with Gasteiger partial charge in [0.2, 0.25) is 0 Å². The molecule has 0 saturated heterocycles. The van der Waals surface area contributed by atoms with E-state index in [0.29, 0.717) is 12.6 Å². The zero-order chi connectivity index (χ0) is 11.5. The average molecular weight is 283 g/mol. The molecule has 1 heterocycles. The van der Waals surface area contributed by atoms with Crippen molar-refractivity contribution in [3.63, 3.8) is 0 Å². The third-order valence-electron chi connectivity index (χ3n) is 2.09. The van der Waals surface area contributed by atoms with Crippen LogP contribution in [0.1, 0.15) is 5.56 Å². The molecule has 0 saturated carbocycles. The van der Waals surface area contributed by atoms with Crippen molar-refractivity contribution >= 4 is 28.0 Å². The Labute approximate surface area is 101 Å². The van der Waals surface area contributed by atoms with Gasteiger partial charge in [0.1, 0.15) is 0 Å². The molecule has 0 aliphatic heterocycles. The molecule has 6 heteroatoms. The SMILES string of the molecule is CN(Cc1ccc(Br)cc1)c1nnc(N)o1. The third-order valence-corrected chi connectivity index (χ3v) is 2.62. The largest absolute Gasteiger partial charge is 0.390 e. The highest BCUT2D eigenvalue weighted by Gasteiger charge is 2.08. The van der Waals surface area contributed by atoms with E-state index >= 15 is 0 Å². The predicted molar refractivity (Wildman–Crippen MR) is 65.0 cm³/mol. The first kappa shape index (κ1) is 10.9. The Bertz CT molecular complexity index is 468. The highest BCUT2D eigenvalue weighted by atomic mass is 79.9. The lowest BCUT2D eigenvalue weighted by Gasteiger charge is -2.13. The van der Waals surface area contributed by atoms with Crippen molar-refractivity contribution in [2.45, 2.75) is 6.54 Å². The van der Waals surface area contributed by atoms with Gasteiger partial charge in [0, 0.05) is 18.1 Å². The maximum absolute atomic E-state index is 5.36. The zero-order valence-electron chi connectivity index (χ0n) is 8.72. The molecule has 0 radical (unpaired) electrons. The van der Waals surface area contributed by atoms with Crippen molar-refractivity contribution in [1.29, 1.82) is 0 Å². The van der Waals surface area contributed by atoms with Crippen molar-refractivity contribution in [3.05, 3.63) is 34.3 Å². The molecule has 0 bridgehead atoms. The molecule has 2 rings (SSSR count). The van der Waals surface area contributed by atoms with Gasteiger partial charge in [-0.1, -0.05) is 38.3 Å². The Morgan fingerprint density at radius 2 is 2.00 bits per heavy atom. The topological polar surface area (TPSA) is 68.2 Å². The summed E-state index contributed by atoms with van der Waals surface area (Å²) in [6, 6.07) is 8.54. The van der Waals surface area contributed by atoms with Gasteiger partial charge in [-0.3, -0.25) is 0 Å². The van der Waals surface area contributed by atoms with Gasteiger partial charge in [-0.15, -0.1) is 0 Å². The summed E-state index contributed by atoms with van der Waals surface area (Å²) < 4.78 is 6.17. The summed E-state index contributed by atoms with van der Waals surface area (Å²) in [7, 11) is 1.87. The molecule has 5 nitrogen and oxygen atoms in total. The molecule has 16 heavy (non-hydrogen) atoms. The smallest absolute Gasteiger partial charge is 0.319 e. The Kier molecular flexibility index (Phi) is 3.09. The van der Waals surface area contributed by atoms with Gasteiger partial charge in [0.15, 0.2) is 0 Å². The first-order chi connectivity index (χ1) is 7.65. The van der Waals surface area contributed by atoms with Crippen LogP contribution in [-0.2, 0) is 6.54 Å². The van der Waals surface area contributed by atoms with Crippen LogP contribution in [-0.4, -0.2) is 17.2 Å². The fourth-order valence-corrected chi connectivity index (χ4v) is 1.58. The summed E-state index contributed by atoms with van der Waals surface area (Å²) in [5, 5.41) is 7.41. The molecular formula is C10H11BrN4O. The van der Waals surface area contributed by atoms with Crippen molar-refractivity contribution in [2.75, 3.05) is 17.7 Å². The van der Waals surface area contributed by atoms with Gasteiger partial charge in [-0.05, 0) is 17.7 Å². The minimum atomic E-state index is 0.0812. The summed E-state index contributed by atoms with van der Waals surface area (Å²) in [6.45, 7) is 0.689. The van der Waals surface area contributed by atoms with Crippen LogP contribution < -0.4 is 10.6 Å². The van der Waals surface area contributed by atoms with Crippen molar-refractivity contribution < 1.29 is 4.42 Å². The van der Waals surface area contributed by atoms with E-state index in [1.807, 2.05) is 36.2 Å². The lowest BCUT2D eigenvalue weighted by atomic mass is 10.2. The highest BCUT2D eigenvalue weighted by molar-refractivity contribution is 9.10. The summed E-state index contributed by atoms with van der Waals surface area (Å²) in [6.07, 6.45) is 0. The van der Waals surface area contributed by atoms with Gasteiger partial charge in [-0.25, -0.2) is 0 Å². The third kappa shape index (κ3) is 2.52. The van der Waals surface area contributed by atoms with Crippen LogP contribution in [0.2, 0.25) is 0 Å². The van der Waals surface area contributed by atoms with Crippen molar-refractivity contribution in [2.24, 2.45) is 0 Å². The summed E-state index contributed by atoms with van der Waals surface area (Å²) in [5.74, 6) is 0. The maximum atomic E-state index is 5.36. The van der Waals surface area contributed by atoms with E-state index in [1.54, 1.807) is 0 Å². The van der Waals surface area contributed by atoms with Crippen LogP contribution in [0, 0.1) is 0 Å². The van der Waals surface area contributed by atoms with Crippen LogP contribution in [0.5, 0.6) is 0 Å². The van der Waals surface area contributed by atoms with Gasteiger partial charge in [0.25, 0.3) is 0 Å². The molecule has 2 N–H and O–H groups in total. The zero-order valence-corrected chi connectivity index (χ0v) is 10.3. The fourth-order valence-electron chi connectivity index (χ4n) is 1.31. The molecule has 0 aliphatic carbocycles. The number of hydrogen-bond donors (Lipinski definition) is 1. The number of hydrogen-bond acceptors (Lipinski definition) is 5. The van der Waals surface area contributed by atoms with Gasteiger partial charge >= 0.3 is 12.0 Å². The fraction of sp³-hybridized carbons (Fsp3) is 0.200. The van der Waals surface area contributed by atoms with E-state index in [4.69, 9.17) is 10.2 Å². The first-order valence-electron chi connectivity index (χ1n) is 4.70. The standard InChI is InChI=1S/C10H11BrN4O/c1-15(10-14-13-9(12)16-10)6-7-2-4-8(11)5-3-7/h2-5H,6H2,1H3,(H2,12,13). The Morgan fingerprint density at radius 1 is 1.31 bits per heavy atom. The van der Waals surface area contributed by atoms with Crippen LogP contribution in [0.15, 0.2) is 33.2 Å². The molecule has 0 atom stereocenters. The lowest BCUT2D eigenvalue weighted by molar-refractivity contribution is 0.559. The molecular weight excluding hydrogens is 272 g/mol. The summed E-state index contributed by atoms with van der Waals surface area (Å²) >= 11 is 3.39. The molecule has 2 aromatic rings. The summed E-state index contributed by atoms with van der Waals surface area (Å²) in [4.78, 5) is 1.84. The number of halogens is 1. The predicted octanol–water partition coefficient (Wildman–Crippen LogP) is 2.05. The molecule has 0 aliphatic rings. The average Bonchev–Trinajstić information content (AvgIpc) is 2.68. The van der Waals surface area contributed by atoms with Crippen LogP contribution >= 0.6 is 15.9 Å². The second kappa shape index (κ2) is 4.52. The normalized spacial score (nSPS) is 10.4. The number of nitrogens with zero attached hydrogens (tertiary/aromatic N) is 3. The number of nitrogen functional groups attached to an aromatic ring is 1. The van der Waals surface area contributed by atoms with Crippen LogP contribution in [0.4, 0.5) is 12.0 Å². The maximum Gasteiger partial charge on any atom is 0.319 e. The second-order valence-corrected chi connectivity index (χ2v) is 4.32. The molecule has 1 aromatic heterocycles. The lowest BCUT2D eigenvalue weighted by Crippen LogP contribution is -2.16. The quantitative estimate of drug-likeness (QED) is 0.933. The number of rotatable bonds is 3. The van der Waals surface area contributed by atoms with E-state index in [2.05, 4.69) is 26.1 Å². The minimum Gasteiger partial charge on any atom is -0.390 e. The highest BCUT2D eigenvalue weighted by Crippen LogP contribution is 2.16. The number of aromatic nitrogens is 2. The van der Waals surface area contributed by atoms with E-state index in [-0.39, 0.29) is 6.01 Å². The molecule has 0 unspecified atom stereocenters. The molecule has 0 amide bonds. The summed E-state index contributed by atoms with van der Waals surface area (Å²) in [5.41, 5.74) is 6.51. The monoisotopic (exact) mass is 282 g/mol. The number of nitrogens with two attached hydrogens (primary N) is 1. The van der Waals surface area contributed by atoms with Crippen molar-refractivity contribution in [1.82, 2.24) is 10.2 Å². The molecule has 1 aromatic carbocycles. The van der Waals surface area contributed by atoms with E-state index < -0.39 is 0 Å². The van der Waals surface area contributed by atoms with Crippen LogP contribution in [0.25, 0.3) is 0 Å². The molecule has 0 fully saturated rings. The van der Waals surface area contributed by atoms with E-state index in [1.165, 1.54) is 0 Å². The van der Waals surface area contributed by atoms with Gasteiger partial charge in [0.05, 0.1) is 0 Å². The van der Waals surface area contributed by atoms with E-state index in [0.717, 1.165) is 10.0 Å². The second-order valence-electron chi connectivity index (χ2n) is 3.41. The van der Waals surface area contributed by atoms with Gasteiger partial charge < -0.3 is 15.1 Å². The Morgan fingerprint density at radius 3 is 2.56 bits per heavy atom. The van der Waals surface area contributed by atoms with Crippen LogP contribution in [0.3, 0.4) is 0 Å². The van der Waals surface area contributed by atoms with Gasteiger partial charge in [-0.2, -0.15) is 0 Å².